The van der Waals surface area contributed by atoms with Crippen molar-refractivity contribution in [2.75, 3.05) is 16.0 Å². The molecule has 7 heteroatoms. The number of hydrogen-bond acceptors (Lipinski definition) is 6. The highest BCUT2D eigenvalue weighted by atomic mass is 16.1. The van der Waals surface area contributed by atoms with Crippen LogP contribution in [0.3, 0.4) is 0 Å². The molecule has 3 N–H and O–H groups in total. The summed E-state index contributed by atoms with van der Waals surface area (Å²) in [5.41, 5.74) is 3.17. The second kappa shape index (κ2) is 7.41. The van der Waals surface area contributed by atoms with E-state index in [1.807, 2.05) is 48.5 Å². The molecule has 0 saturated heterocycles. The van der Waals surface area contributed by atoms with Crippen molar-refractivity contribution in [1.29, 1.82) is 0 Å². The van der Waals surface area contributed by atoms with Gasteiger partial charge in [0, 0.05) is 36.6 Å². The highest BCUT2D eigenvalue weighted by Crippen LogP contribution is 2.27. The predicted octanol–water partition coefficient (Wildman–Crippen LogP) is 3.81. The Morgan fingerprint density at radius 2 is 1.78 bits per heavy atom. The lowest BCUT2D eigenvalue weighted by atomic mass is 10.2. The van der Waals surface area contributed by atoms with E-state index < -0.39 is 0 Å². The smallest absolute Gasteiger partial charge is 0.225 e. The summed E-state index contributed by atoms with van der Waals surface area (Å²) in [6.07, 6.45) is 4.04. The van der Waals surface area contributed by atoms with Crippen LogP contribution in [0, 0.1) is 0 Å². The van der Waals surface area contributed by atoms with Crippen molar-refractivity contribution in [3.05, 3.63) is 54.7 Å². The maximum absolute atomic E-state index is 11.1. The van der Waals surface area contributed by atoms with Gasteiger partial charge in [-0.25, -0.2) is 4.98 Å². The summed E-state index contributed by atoms with van der Waals surface area (Å²) in [7, 11) is 0. The van der Waals surface area contributed by atoms with Crippen LogP contribution in [0.2, 0.25) is 0 Å². The number of carbonyl (C=O) groups excluding carboxylic acids is 1. The molecule has 0 atom stereocenters. The minimum Gasteiger partial charge on any atom is -0.351 e. The van der Waals surface area contributed by atoms with Gasteiger partial charge >= 0.3 is 0 Å². The third-order valence-corrected chi connectivity index (χ3v) is 4.04. The molecule has 136 valence electrons. The second-order valence-electron chi connectivity index (χ2n) is 6.48. The average Bonchev–Trinajstić information content (AvgIpc) is 3.47. The number of aromatic nitrogens is 3. The Morgan fingerprint density at radius 3 is 2.44 bits per heavy atom. The van der Waals surface area contributed by atoms with E-state index >= 15 is 0 Å². The number of amides is 1. The van der Waals surface area contributed by atoms with Gasteiger partial charge in [0.25, 0.3) is 0 Å². The lowest BCUT2D eigenvalue weighted by molar-refractivity contribution is -0.114. The minimum absolute atomic E-state index is 0.0951. The van der Waals surface area contributed by atoms with Crippen LogP contribution < -0.4 is 16.0 Å². The van der Waals surface area contributed by atoms with E-state index in [4.69, 9.17) is 0 Å². The van der Waals surface area contributed by atoms with Gasteiger partial charge in [0.05, 0.1) is 11.4 Å². The van der Waals surface area contributed by atoms with Gasteiger partial charge < -0.3 is 16.0 Å². The van der Waals surface area contributed by atoms with Gasteiger partial charge in [-0.15, -0.1) is 0 Å². The molecular formula is C20H20N6O. The van der Waals surface area contributed by atoms with Crippen molar-refractivity contribution in [3.8, 4) is 11.4 Å². The molecule has 1 aliphatic carbocycles. The summed E-state index contributed by atoms with van der Waals surface area (Å²) in [4.78, 5) is 24.7. The number of benzene rings is 1. The van der Waals surface area contributed by atoms with E-state index in [-0.39, 0.29) is 5.91 Å². The monoisotopic (exact) mass is 360 g/mol. The van der Waals surface area contributed by atoms with E-state index in [0.29, 0.717) is 17.8 Å². The van der Waals surface area contributed by atoms with Crippen LogP contribution in [0.5, 0.6) is 0 Å². The van der Waals surface area contributed by atoms with E-state index in [0.717, 1.165) is 35.6 Å². The number of nitrogens with one attached hydrogen (secondary N) is 3. The molecule has 2 aromatic heterocycles. The standard InChI is InChI=1S/C20H20N6O/c1-13(27)22-14-5-7-15(8-6-14)23-19-12-18(17-4-2-3-11-21-17)25-20(26-19)24-16-9-10-16/h2-8,11-12,16H,9-10H2,1H3,(H,22,27)(H2,23,24,25,26). The Labute approximate surface area is 157 Å². The van der Waals surface area contributed by atoms with Gasteiger partial charge in [-0.05, 0) is 49.2 Å². The molecule has 0 radical (unpaired) electrons. The molecule has 1 aromatic carbocycles. The highest BCUT2D eigenvalue weighted by molar-refractivity contribution is 5.88. The third-order valence-electron chi connectivity index (χ3n) is 4.04. The molecular weight excluding hydrogens is 340 g/mol. The molecule has 0 bridgehead atoms. The van der Waals surface area contributed by atoms with E-state index in [2.05, 4.69) is 30.9 Å². The number of anilines is 4. The van der Waals surface area contributed by atoms with E-state index in [1.165, 1.54) is 6.92 Å². The lowest BCUT2D eigenvalue weighted by Crippen LogP contribution is -2.08. The maximum Gasteiger partial charge on any atom is 0.225 e. The minimum atomic E-state index is -0.0951. The first-order valence-electron chi connectivity index (χ1n) is 8.87. The summed E-state index contributed by atoms with van der Waals surface area (Å²) in [5, 5.41) is 9.40. The average molecular weight is 360 g/mol. The summed E-state index contributed by atoms with van der Waals surface area (Å²) in [6.45, 7) is 1.49. The molecule has 0 aliphatic heterocycles. The Balaban J connectivity index is 1.59. The molecule has 7 nitrogen and oxygen atoms in total. The number of nitrogens with zero attached hydrogens (tertiary/aromatic N) is 3. The fraction of sp³-hybridized carbons (Fsp3) is 0.200. The Kier molecular flexibility index (Phi) is 4.65. The van der Waals surface area contributed by atoms with Gasteiger partial charge in [0.1, 0.15) is 5.82 Å². The topological polar surface area (TPSA) is 91.8 Å². The van der Waals surface area contributed by atoms with Crippen LogP contribution in [0.15, 0.2) is 54.7 Å². The quantitative estimate of drug-likeness (QED) is 0.619. The first-order valence-corrected chi connectivity index (χ1v) is 8.87. The first-order chi connectivity index (χ1) is 13.2. The summed E-state index contributed by atoms with van der Waals surface area (Å²) < 4.78 is 0. The van der Waals surface area contributed by atoms with Crippen LogP contribution in [0.4, 0.5) is 23.1 Å². The molecule has 2 heterocycles. The molecule has 1 saturated carbocycles. The van der Waals surface area contributed by atoms with Gasteiger partial charge in [-0.3, -0.25) is 9.78 Å². The van der Waals surface area contributed by atoms with Gasteiger partial charge in [-0.1, -0.05) is 6.07 Å². The van der Waals surface area contributed by atoms with Crippen molar-refractivity contribution in [1.82, 2.24) is 15.0 Å². The lowest BCUT2D eigenvalue weighted by Gasteiger charge is -2.11. The number of pyridine rings is 1. The predicted molar refractivity (Wildman–Crippen MR) is 106 cm³/mol. The van der Waals surface area contributed by atoms with Crippen LogP contribution >= 0.6 is 0 Å². The molecule has 0 unspecified atom stereocenters. The molecule has 4 rings (SSSR count). The van der Waals surface area contributed by atoms with Crippen molar-refractivity contribution in [3.63, 3.8) is 0 Å². The molecule has 27 heavy (non-hydrogen) atoms. The number of rotatable bonds is 6. The number of hydrogen-bond donors (Lipinski definition) is 3. The zero-order valence-electron chi connectivity index (χ0n) is 14.9. The Morgan fingerprint density at radius 1 is 1.00 bits per heavy atom. The summed E-state index contributed by atoms with van der Waals surface area (Å²) in [6, 6.07) is 15.5. The van der Waals surface area contributed by atoms with E-state index in [9.17, 15) is 4.79 Å². The molecule has 0 spiro atoms. The Hall–Kier alpha value is -3.48. The van der Waals surface area contributed by atoms with E-state index in [1.54, 1.807) is 6.20 Å². The molecule has 1 fully saturated rings. The fourth-order valence-electron chi connectivity index (χ4n) is 2.62. The van der Waals surface area contributed by atoms with Crippen LogP contribution in [-0.4, -0.2) is 26.9 Å². The van der Waals surface area contributed by atoms with Crippen molar-refractivity contribution in [2.24, 2.45) is 0 Å². The van der Waals surface area contributed by atoms with Crippen LogP contribution in [-0.2, 0) is 4.79 Å². The third kappa shape index (κ3) is 4.58. The van der Waals surface area contributed by atoms with Gasteiger partial charge in [0.15, 0.2) is 0 Å². The second-order valence-corrected chi connectivity index (χ2v) is 6.48. The van der Waals surface area contributed by atoms with Crippen LogP contribution in [0.1, 0.15) is 19.8 Å². The molecule has 1 aliphatic rings. The maximum atomic E-state index is 11.1. The largest absolute Gasteiger partial charge is 0.351 e. The SMILES string of the molecule is CC(=O)Nc1ccc(Nc2cc(-c3ccccn3)nc(NC3CC3)n2)cc1. The number of carbonyl (C=O) groups is 1. The van der Waals surface area contributed by atoms with Crippen molar-refractivity contribution < 1.29 is 4.79 Å². The Bertz CT molecular complexity index is 938. The zero-order chi connectivity index (χ0) is 18.6. The summed E-state index contributed by atoms with van der Waals surface area (Å²) >= 11 is 0. The normalized spacial score (nSPS) is 13.1. The highest BCUT2D eigenvalue weighted by Gasteiger charge is 2.22. The van der Waals surface area contributed by atoms with Crippen molar-refractivity contribution >= 4 is 29.0 Å². The molecule has 1 amide bonds. The fourth-order valence-corrected chi connectivity index (χ4v) is 2.62. The van der Waals surface area contributed by atoms with Gasteiger partial charge in [0.2, 0.25) is 11.9 Å². The van der Waals surface area contributed by atoms with Crippen molar-refractivity contribution in [2.45, 2.75) is 25.8 Å². The first kappa shape index (κ1) is 17.0. The zero-order valence-corrected chi connectivity index (χ0v) is 14.9. The molecule has 3 aromatic rings. The van der Waals surface area contributed by atoms with Crippen LogP contribution in [0.25, 0.3) is 11.4 Å². The summed E-state index contributed by atoms with van der Waals surface area (Å²) in [5.74, 6) is 1.18. The van der Waals surface area contributed by atoms with Gasteiger partial charge in [-0.2, -0.15) is 4.98 Å².